The lowest BCUT2D eigenvalue weighted by atomic mass is 10.1. The lowest BCUT2D eigenvalue weighted by Crippen LogP contribution is -2.13. The summed E-state index contributed by atoms with van der Waals surface area (Å²) in [6.07, 6.45) is 0. The van der Waals surface area contributed by atoms with Gasteiger partial charge in [0.1, 0.15) is 0 Å². The minimum Gasteiger partial charge on any atom is -0.380 e. The van der Waals surface area contributed by atoms with E-state index in [1.54, 1.807) is 13.2 Å². The average molecular weight is 269 g/mol. The topological polar surface area (TPSA) is 38.3 Å². The summed E-state index contributed by atoms with van der Waals surface area (Å²) in [6, 6.07) is 13.5. The number of rotatable bonds is 4. The second-order valence-electron chi connectivity index (χ2n) is 4.91. The Hall–Kier alpha value is -2.13. The Morgan fingerprint density at radius 2 is 1.95 bits per heavy atom. The second kappa shape index (κ2) is 6.35. The molecule has 0 bridgehead atoms. The van der Waals surface area contributed by atoms with Gasteiger partial charge < -0.3 is 10.1 Å². The highest BCUT2D eigenvalue weighted by atomic mass is 16.5. The molecule has 0 atom stereocenters. The van der Waals surface area contributed by atoms with Gasteiger partial charge in [0.25, 0.3) is 5.91 Å². The summed E-state index contributed by atoms with van der Waals surface area (Å²) >= 11 is 0. The SMILES string of the molecule is COCc1cccc(C(=O)Nc2cc(C)ccc2C)c1. The molecule has 2 aromatic carbocycles. The van der Waals surface area contributed by atoms with E-state index in [1.165, 1.54) is 0 Å². The Labute approximate surface area is 119 Å². The van der Waals surface area contributed by atoms with E-state index in [2.05, 4.69) is 5.32 Å². The second-order valence-corrected chi connectivity index (χ2v) is 4.91. The lowest BCUT2D eigenvalue weighted by Gasteiger charge is -2.10. The summed E-state index contributed by atoms with van der Waals surface area (Å²) in [6.45, 7) is 4.50. The smallest absolute Gasteiger partial charge is 0.255 e. The van der Waals surface area contributed by atoms with Crippen molar-refractivity contribution in [3.8, 4) is 0 Å². The summed E-state index contributed by atoms with van der Waals surface area (Å²) in [5.74, 6) is -0.100. The Kier molecular flexibility index (Phi) is 4.53. The van der Waals surface area contributed by atoms with Crippen molar-refractivity contribution in [1.29, 1.82) is 0 Å². The van der Waals surface area contributed by atoms with E-state index in [0.29, 0.717) is 12.2 Å². The quantitative estimate of drug-likeness (QED) is 0.919. The van der Waals surface area contributed by atoms with E-state index < -0.39 is 0 Å². The molecule has 0 spiro atoms. The Bertz CT molecular complexity index is 620. The average Bonchev–Trinajstić information content (AvgIpc) is 2.43. The number of nitrogens with one attached hydrogen (secondary N) is 1. The summed E-state index contributed by atoms with van der Waals surface area (Å²) in [5.41, 5.74) is 4.66. The predicted molar refractivity (Wildman–Crippen MR) is 81.0 cm³/mol. The molecule has 0 aliphatic carbocycles. The maximum Gasteiger partial charge on any atom is 0.255 e. The predicted octanol–water partition coefficient (Wildman–Crippen LogP) is 3.70. The van der Waals surface area contributed by atoms with E-state index in [9.17, 15) is 4.79 Å². The molecule has 0 aromatic heterocycles. The van der Waals surface area contributed by atoms with E-state index in [4.69, 9.17) is 4.74 Å². The van der Waals surface area contributed by atoms with E-state index >= 15 is 0 Å². The molecule has 1 amide bonds. The zero-order valence-electron chi connectivity index (χ0n) is 12.1. The molecule has 0 unspecified atom stereocenters. The fourth-order valence-corrected chi connectivity index (χ4v) is 2.03. The van der Waals surface area contributed by atoms with Gasteiger partial charge in [-0.2, -0.15) is 0 Å². The number of carbonyl (C=O) groups excluding carboxylic acids is 1. The van der Waals surface area contributed by atoms with E-state index in [-0.39, 0.29) is 5.91 Å². The third-order valence-electron chi connectivity index (χ3n) is 3.14. The van der Waals surface area contributed by atoms with Crippen molar-refractivity contribution in [3.05, 3.63) is 64.7 Å². The van der Waals surface area contributed by atoms with Gasteiger partial charge in [-0.3, -0.25) is 4.79 Å². The van der Waals surface area contributed by atoms with Crippen LogP contribution in [0.25, 0.3) is 0 Å². The van der Waals surface area contributed by atoms with Crippen molar-refractivity contribution < 1.29 is 9.53 Å². The zero-order chi connectivity index (χ0) is 14.5. The third kappa shape index (κ3) is 3.45. The van der Waals surface area contributed by atoms with Gasteiger partial charge in [-0.15, -0.1) is 0 Å². The molecule has 0 heterocycles. The summed E-state index contributed by atoms with van der Waals surface area (Å²) in [7, 11) is 1.64. The molecular weight excluding hydrogens is 250 g/mol. The monoisotopic (exact) mass is 269 g/mol. The number of anilines is 1. The van der Waals surface area contributed by atoms with Crippen molar-refractivity contribution in [2.24, 2.45) is 0 Å². The molecule has 3 heteroatoms. The van der Waals surface area contributed by atoms with Gasteiger partial charge in [0.2, 0.25) is 0 Å². The highest BCUT2D eigenvalue weighted by molar-refractivity contribution is 6.04. The molecule has 3 nitrogen and oxygen atoms in total. The molecule has 2 rings (SSSR count). The molecule has 2 aromatic rings. The molecule has 0 radical (unpaired) electrons. The van der Waals surface area contributed by atoms with Gasteiger partial charge in [0.15, 0.2) is 0 Å². The van der Waals surface area contributed by atoms with Crippen LogP contribution in [0.2, 0.25) is 0 Å². The molecule has 20 heavy (non-hydrogen) atoms. The summed E-state index contributed by atoms with van der Waals surface area (Å²) in [4.78, 5) is 12.3. The normalized spacial score (nSPS) is 10.3. The molecule has 0 aliphatic heterocycles. The molecule has 0 saturated carbocycles. The van der Waals surface area contributed by atoms with Crippen LogP contribution in [0.3, 0.4) is 0 Å². The molecular formula is C17H19NO2. The highest BCUT2D eigenvalue weighted by Crippen LogP contribution is 2.17. The number of aryl methyl sites for hydroxylation is 2. The first-order chi connectivity index (χ1) is 9.60. The first kappa shape index (κ1) is 14.3. The van der Waals surface area contributed by atoms with Crippen LogP contribution in [0.1, 0.15) is 27.0 Å². The fourth-order valence-electron chi connectivity index (χ4n) is 2.03. The van der Waals surface area contributed by atoms with Crippen molar-refractivity contribution in [1.82, 2.24) is 0 Å². The number of methoxy groups -OCH3 is 1. The number of hydrogen-bond acceptors (Lipinski definition) is 2. The van der Waals surface area contributed by atoms with Crippen molar-refractivity contribution in [3.63, 3.8) is 0 Å². The van der Waals surface area contributed by atoms with E-state index in [1.807, 2.05) is 50.2 Å². The van der Waals surface area contributed by atoms with Gasteiger partial charge in [-0.1, -0.05) is 24.3 Å². The highest BCUT2D eigenvalue weighted by Gasteiger charge is 2.08. The number of hydrogen-bond donors (Lipinski definition) is 1. The first-order valence-electron chi connectivity index (χ1n) is 6.56. The third-order valence-corrected chi connectivity index (χ3v) is 3.14. The standard InChI is InChI=1S/C17H19NO2/c1-12-7-8-13(2)16(9-12)18-17(19)15-6-4-5-14(10-15)11-20-3/h4-10H,11H2,1-3H3,(H,18,19). The van der Waals surface area contributed by atoms with Crippen LogP contribution in [-0.2, 0) is 11.3 Å². The van der Waals surface area contributed by atoms with Crippen LogP contribution in [0, 0.1) is 13.8 Å². The Balaban J connectivity index is 2.19. The minimum atomic E-state index is -0.100. The number of ether oxygens (including phenoxy) is 1. The van der Waals surface area contributed by atoms with Crippen molar-refractivity contribution in [2.45, 2.75) is 20.5 Å². The van der Waals surface area contributed by atoms with E-state index in [0.717, 1.165) is 22.4 Å². The zero-order valence-corrected chi connectivity index (χ0v) is 12.1. The maximum atomic E-state index is 12.3. The van der Waals surface area contributed by atoms with Gasteiger partial charge in [-0.05, 0) is 48.7 Å². The first-order valence-corrected chi connectivity index (χ1v) is 6.56. The van der Waals surface area contributed by atoms with Gasteiger partial charge in [-0.25, -0.2) is 0 Å². The Morgan fingerprint density at radius 1 is 1.15 bits per heavy atom. The van der Waals surface area contributed by atoms with Crippen LogP contribution in [-0.4, -0.2) is 13.0 Å². The Morgan fingerprint density at radius 3 is 2.70 bits per heavy atom. The number of benzene rings is 2. The molecule has 0 fully saturated rings. The van der Waals surface area contributed by atoms with Crippen LogP contribution >= 0.6 is 0 Å². The van der Waals surface area contributed by atoms with Crippen molar-refractivity contribution in [2.75, 3.05) is 12.4 Å². The number of amides is 1. The fraction of sp³-hybridized carbons (Fsp3) is 0.235. The molecule has 0 aliphatic rings. The van der Waals surface area contributed by atoms with Crippen LogP contribution < -0.4 is 5.32 Å². The van der Waals surface area contributed by atoms with Crippen molar-refractivity contribution >= 4 is 11.6 Å². The summed E-state index contributed by atoms with van der Waals surface area (Å²) in [5, 5.41) is 2.96. The summed E-state index contributed by atoms with van der Waals surface area (Å²) < 4.78 is 5.08. The van der Waals surface area contributed by atoms with Gasteiger partial charge >= 0.3 is 0 Å². The van der Waals surface area contributed by atoms with Crippen LogP contribution in [0.15, 0.2) is 42.5 Å². The largest absolute Gasteiger partial charge is 0.380 e. The number of carbonyl (C=O) groups is 1. The van der Waals surface area contributed by atoms with Gasteiger partial charge in [0, 0.05) is 18.4 Å². The van der Waals surface area contributed by atoms with Gasteiger partial charge in [0.05, 0.1) is 6.61 Å². The lowest BCUT2D eigenvalue weighted by molar-refractivity contribution is 0.102. The minimum absolute atomic E-state index is 0.100. The van der Waals surface area contributed by atoms with Crippen LogP contribution in [0.5, 0.6) is 0 Å². The van der Waals surface area contributed by atoms with Crippen LogP contribution in [0.4, 0.5) is 5.69 Å². The molecule has 1 N–H and O–H groups in total. The maximum absolute atomic E-state index is 12.3. The molecule has 0 saturated heterocycles. The molecule has 104 valence electrons.